The Labute approximate surface area is 89.1 Å². The molecule has 0 saturated carbocycles. The molecule has 1 nitrogen and oxygen atoms in total. The van der Waals surface area contributed by atoms with Crippen LogP contribution in [0.3, 0.4) is 0 Å². The molecule has 0 aliphatic rings. The third-order valence-electron chi connectivity index (χ3n) is 2.07. The highest BCUT2D eigenvalue weighted by atomic mass is 32.1. The molecule has 0 aromatic carbocycles. The molecule has 0 saturated heterocycles. The maximum atomic E-state index is 8.70. The van der Waals surface area contributed by atoms with E-state index >= 15 is 0 Å². The van der Waals surface area contributed by atoms with E-state index < -0.39 is 9.76 Å². The van der Waals surface area contributed by atoms with E-state index in [-0.39, 0.29) is 0 Å². The fourth-order valence-corrected chi connectivity index (χ4v) is 2.54. The SMILES string of the molecule is O[SiH2]CCCCC(CS)CCS. The highest BCUT2D eigenvalue weighted by Gasteiger charge is 2.04. The van der Waals surface area contributed by atoms with Gasteiger partial charge in [-0.1, -0.05) is 12.8 Å². The molecule has 0 aliphatic carbocycles. The van der Waals surface area contributed by atoms with Crippen molar-refractivity contribution in [3.63, 3.8) is 0 Å². The molecule has 1 atom stereocenters. The van der Waals surface area contributed by atoms with E-state index in [9.17, 15) is 0 Å². The van der Waals surface area contributed by atoms with Crippen LogP contribution in [0.25, 0.3) is 0 Å². The molecule has 4 heteroatoms. The van der Waals surface area contributed by atoms with Gasteiger partial charge in [0.2, 0.25) is 0 Å². The molecular weight excluding hydrogens is 204 g/mol. The maximum Gasteiger partial charge on any atom is 0.156 e. The lowest BCUT2D eigenvalue weighted by molar-refractivity contribution is 0.500. The first-order valence-corrected chi connectivity index (χ1v) is 7.57. The van der Waals surface area contributed by atoms with E-state index in [4.69, 9.17) is 4.80 Å². The zero-order valence-electron chi connectivity index (χ0n) is 7.58. The third-order valence-corrected chi connectivity index (χ3v) is 3.66. The summed E-state index contributed by atoms with van der Waals surface area (Å²) in [5.74, 6) is 2.70. The molecule has 0 aromatic heterocycles. The largest absolute Gasteiger partial charge is 0.438 e. The molecule has 1 unspecified atom stereocenters. The van der Waals surface area contributed by atoms with Crippen LogP contribution < -0.4 is 0 Å². The van der Waals surface area contributed by atoms with Gasteiger partial charge in [0.15, 0.2) is 9.76 Å². The highest BCUT2D eigenvalue weighted by Crippen LogP contribution is 2.15. The van der Waals surface area contributed by atoms with Crippen LogP contribution in [0, 0.1) is 5.92 Å². The highest BCUT2D eigenvalue weighted by molar-refractivity contribution is 7.80. The predicted octanol–water partition coefficient (Wildman–Crippen LogP) is 1.52. The third kappa shape index (κ3) is 7.52. The second-order valence-electron chi connectivity index (χ2n) is 3.13. The van der Waals surface area contributed by atoms with Gasteiger partial charge in [-0.25, -0.2) is 0 Å². The van der Waals surface area contributed by atoms with Crippen LogP contribution in [-0.2, 0) is 0 Å². The number of hydrogen-bond acceptors (Lipinski definition) is 3. The quantitative estimate of drug-likeness (QED) is 0.324. The standard InChI is InChI=1S/C8H20OS2Si/c9-12-6-2-1-3-8(7-11)4-5-10/h8-11H,1-7,12H2. The van der Waals surface area contributed by atoms with Crippen molar-refractivity contribution >= 4 is 35.0 Å². The van der Waals surface area contributed by atoms with Crippen LogP contribution in [0.2, 0.25) is 6.04 Å². The van der Waals surface area contributed by atoms with E-state index in [2.05, 4.69) is 25.3 Å². The summed E-state index contributed by atoms with van der Waals surface area (Å²) < 4.78 is 0. The van der Waals surface area contributed by atoms with Crippen molar-refractivity contribution in [2.75, 3.05) is 11.5 Å². The van der Waals surface area contributed by atoms with Crippen LogP contribution in [0.15, 0.2) is 0 Å². The summed E-state index contributed by atoms with van der Waals surface area (Å²) >= 11 is 8.51. The minimum absolute atomic E-state index is 0.683. The first-order valence-electron chi connectivity index (χ1n) is 4.67. The molecule has 12 heavy (non-hydrogen) atoms. The van der Waals surface area contributed by atoms with Crippen molar-refractivity contribution in [3.05, 3.63) is 0 Å². The van der Waals surface area contributed by atoms with Gasteiger partial charge in [-0.3, -0.25) is 0 Å². The lowest BCUT2D eigenvalue weighted by atomic mass is 10.0. The fourth-order valence-electron chi connectivity index (χ4n) is 1.23. The topological polar surface area (TPSA) is 20.2 Å². The van der Waals surface area contributed by atoms with E-state index in [1.807, 2.05) is 0 Å². The van der Waals surface area contributed by atoms with Gasteiger partial charge in [0.05, 0.1) is 0 Å². The lowest BCUT2D eigenvalue weighted by Gasteiger charge is -2.11. The van der Waals surface area contributed by atoms with Gasteiger partial charge in [-0.15, -0.1) is 0 Å². The van der Waals surface area contributed by atoms with Gasteiger partial charge in [0.25, 0.3) is 0 Å². The Kier molecular flexibility index (Phi) is 10.7. The summed E-state index contributed by atoms with van der Waals surface area (Å²) in [4.78, 5) is 8.70. The Morgan fingerprint density at radius 1 is 1.17 bits per heavy atom. The maximum absolute atomic E-state index is 8.70. The first-order chi connectivity index (χ1) is 5.85. The van der Waals surface area contributed by atoms with Crippen LogP contribution in [0.4, 0.5) is 0 Å². The molecular formula is C8H20OS2Si. The van der Waals surface area contributed by atoms with Crippen LogP contribution in [0.5, 0.6) is 0 Å². The van der Waals surface area contributed by atoms with E-state index in [0.29, 0.717) is 0 Å². The van der Waals surface area contributed by atoms with Crippen molar-refractivity contribution < 1.29 is 4.80 Å². The average Bonchev–Trinajstić information content (AvgIpc) is 2.10. The molecule has 1 N–H and O–H groups in total. The average molecular weight is 224 g/mol. The van der Waals surface area contributed by atoms with Crippen LogP contribution >= 0.6 is 25.3 Å². The van der Waals surface area contributed by atoms with Gasteiger partial charge in [0.1, 0.15) is 0 Å². The molecule has 74 valence electrons. The molecule has 0 aliphatic heterocycles. The Balaban J connectivity index is 3.19. The minimum Gasteiger partial charge on any atom is -0.438 e. The zero-order chi connectivity index (χ0) is 9.23. The van der Waals surface area contributed by atoms with Crippen molar-refractivity contribution in [1.29, 1.82) is 0 Å². The molecule has 0 heterocycles. The normalized spacial score (nSPS) is 14.2. The van der Waals surface area contributed by atoms with E-state index in [1.165, 1.54) is 25.7 Å². The molecule has 0 bridgehead atoms. The number of hydrogen-bond donors (Lipinski definition) is 3. The molecule has 0 spiro atoms. The number of unbranched alkanes of at least 4 members (excludes halogenated alkanes) is 1. The number of thiol groups is 2. The molecule has 0 radical (unpaired) electrons. The molecule has 0 rings (SSSR count). The summed E-state index contributed by atoms with van der Waals surface area (Å²) in [6.45, 7) is 0. The fraction of sp³-hybridized carbons (Fsp3) is 1.00. The van der Waals surface area contributed by atoms with Crippen LogP contribution in [0.1, 0.15) is 25.7 Å². The Morgan fingerprint density at radius 3 is 2.42 bits per heavy atom. The molecule has 0 amide bonds. The van der Waals surface area contributed by atoms with E-state index in [0.717, 1.165) is 23.5 Å². The Hall–Kier alpha value is 0.877. The minimum atomic E-state index is -0.683. The smallest absolute Gasteiger partial charge is 0.156 e. The monoisotopic (exact) mass is 224 g/mol. The summed E-state index contributed by atoms with van der Waals surface area (Å²) in [5, 5.41) is 0. The molecule has 0 fully saturated rings. The second kappa shape index (κ2) is 9.96. The second-order valence-corrected chi connectivity index (χ2v) is 5.10. The summed E-state index contributed by atoms with van der Waals surface area (Å²) in [6.07, 6.45) is 4.91. The Bertz CT molecular complexity index is 93.1. The predicted molar refractivity (Wildman–Crippen MR) is 65.2 cm³/mol. The van der Waals surface area contributed by atoms with Gasteiger partial charge in [0, 0.05) is 0 Å². The van der Waals surface area contributed by atoms with Crippen molar-refractivity contribution in [2.45, 2.75) is 31.7 Å². The lowest BCUT2D eigenvalue weighted by Crippen LogP contribution is -2.03. The van der Waals surface area contributed by atoms with Gasteiger partial charge < -0.3 is 4.80 Å². The summed E-state index contributed by atoms with van der Waals surface area (Å²) in [5.41, 5.74) is 0. The van der Waals surface area contributed by atoms with Gasteiger partial charge >= 0.3 is 0 Å². The van der Waals surface area contributed by atoms with E-state index in [1.54, 1.807) is 0 Å². The van der Waals surface area contributed by atoms with Crippen LogP contribution in [-0.4, -0.2) is 26.1 Å². The van der Waals surface area contributed by atoms with Crippen molar-refractivity contribution in [1.82, 2.24) is 0 Å². The Morgan fingerprint density at radius 2 is 1.92 bits per heavy atom. The van der Waals surface area contributed by atoms with Crippen molar-refractivity contribution in [2.24, 2.45) is 5.92 Å². The first kappa shape index (κ1) is 12.9. The zero-order valence-corrected chi connectivity index (χ0v) is 10.8. The van der Waals surface area contributed by atoms with Gasteiger partial charge in [-0.2, -0.15) is 25.3 Å². The summed E-state index contributed by atoms with van der Waals surface area (Å²) in [6, 6.07) is 1.08. The number of rotatable bonds is 8. The summed E-state index contributed by atoms with van der Waals surface area (Å²) in [7, 11) is -0.683. The van der Waals surface area contributed by atoms with Gasteiger partial charge in [-0.05, 0) is 36.3 Å². The van der Waals surface area contributed by atoms with Crippen molar-refractivity contribution in [3.8, 4) is 0 Å². The molecule has 0 aromatic rings.